The maximum Gasteiger partial charge on any atom is 0.340 e. The molecular formula is C19H34N4O2Si. The highest BCUT2D eigenvalue weighted by atomic mass is 28.4. The lowest BCUT2D eigenvalue weighted by molar-refractivity contribution is 0.206. The number of hydrazine groups is 1. The maximum absolute atomic E-state index is 12.8. The average Bonchev–Trinajstić information content (AvgIpc) is 2.87. The molecule has 2 rings (SSSR count). The Kier molecular flexibility index (Phi) is 6.82. The molecule has 0 radical (unpaired) electrons. The second kappa shape index (κ2) is 8.50. The van der Waals surface area contributed by atoms with Crippen LogP contribution in [0.3, 0.4) is 0 Å². The Balaban J connectivity index is 2.13. The summed E-state index contributed by atoms with van der Waals surface area (Å²) < 4.78 is 6.31. The summed E-state index contributed by atoms with van der Waals surface area (Å²) >= 11 is 0. The molecule has 2 N–H and O–H groups in total. The monoisotopic (exact) mass is 378 g/mol. The van der Waals surface area contributed by atoms with Gasteiger partial charge in [0.2, 0.25) is 0 Å². The van der Waals surface area contributed by atoms with E-state index in [1.165, 1.54) is 17.9 Å². The molecule has 6 nitrogen and oxygen atoms in total. The lowest BCUT2D eigenvalue weighted by Crippen LogP contribution is -2.48. The van der Waals surface area contributed by atoms with Crippen LogP contribution in [-0.4, -0.2) is 37.3 Å². The largest absolute Gasteiger partial charge is 0.412 e. The van der Waals surface area contributed by atoms with E-state index >= 15 is 0 Å². The Morgan fingerprint density at radius 2 is 1.88 bits per heavy atom. The summed E-state index contributed by atoms with van der Waals surface area (Å²) in [6.07, 6.45) is 6.07. The summed E-state index contributed by atoms with van der Waals surface area (Å²) in [6.45, 7) is 13.0. The Hall–Kier alpha value is -1.44. The SMILES string of the molecule is CC(C)(C)[Si](C)(C)OCc1cccnc1N(N)C(=O)N1CCCCCC1. The molecule has 0 spiro atoms. The molecule has 1 aliphatic heterocycles. The van der Waals surface area contributed by atoms with E-state index in [-0.39, 0.29) is 11.1 Å². The van der Waals surface area contributed by atoms with Gasteiger partial charge in [0.25, 0.3) is 0 Å². The number of anilines is 1. The Morgan fingerprint density at radius 1 is 1.27 bits per heavy atom. The first-order valence-corrected chi connectivity index (χ1v) is 12.5. The molecule has 1 aromatic rings. The van der Waals surface area contributed by atoms with Crippen LogP contribution in [0.4, 0.5) is 10.6 Å². The van der Waals surface area contributed by atoms with Gasteiger partial charge in [0, 0.05) is 24.8 Å². The van der Waals surface area contributed by atoms with Crippen molar-refractivity contribution in [3.63, 3.8) is 0 Å². The summed E-state index contributed by atoms with van der Waals surface area (Å²) in [6, 6.07) is 3.61. The molecule has 1 saturated heterocycles. The normalized spacial score (nSPS) is 16.3. The fourth-order valence-electron chi connectivity index (χ4n) is 2.74. The summed E-state index contributed by atoms with van der Waals surface area (Å²) in [5.74, 6) is 6.67. The van der Waals surface area contributed by atoms with Gasteiger partial charge < -0.3 is 9.33 Å². The predicted molar refractivity (Wildman–Crippen MR) is 108 cm³/mol. The van der Waals surface area contributed by atoms with Gasteiger partial charge in [-0.3, -0.25) is 0 Å². The van der Waals surface area contributed by atoms with Crippen LogP contribution in [-0.2, 0) is 11.0 Å². The van der Waals surface area contributed by atoms with Gasteiger partial charge in [-0.15, -0.1) is 0 Å². The van der Waals surface area contributed by atoms with Crippen molar-refractivity contribution in [2.75, 3.05) is 18.1 Å². The molecule has 1 fully saturated rings. The highest BCUT2D eigenvalue weighted by Gasteiger charge is 2.37. The first-order chi connectivity index (χ1) is 12.1. The minimum Gasteiger partial charge on any atom is -0.412 e. The van der Waals surface area contributed by atoms with Crippen molar-refractivity contribution >= 4 is 20.2 Å². The number of rotatable bonds is 4. The molecule has 1 aromatic heterocycles. The van der Waals surface area contributed by atoms with E-state index in [4.69, 9.17) is 10.3 Å². The van der Waals surface area contributed by atoms with Crippen molar-refractivity contribution in [3.8, 4) is 0 Å². The summed E-state index contributed by atoms with van der Waals surface area (Å²) in [5.41, 5.74) is 0.850. The zero-order valence-electron chi connectivity index (χ0n) is 16.9. The molecule has 1 aliphatic rings. The van der Waals surface area contributed by atoms with Crippen molar-refractivity contribution in [2.24, 2.45) is 5.84 Å². The fraction of sp³-hybridized carbons (Fsp3) is 0.684. The van der Waals surface area contributed by atoms with E-state index in [1.54, 1.807) is 6.20 Å². The van der Waals surface area contributed by atoms with Crippen LogP contribution < -0.4 is 10.9 Å². The number of likely N-dealkylation sites (tertiary alicyclic amines) is 1. The first-order valence-electron chi connectivity index (χ1n) is 9.55. The Bertz CT molecular complexity index is 608. The standard InChI is InChI=1S/C19H34N4O2Si/c1-19(2,3)26(4,5)25-15-16-11-10-12-21-17(16)23(20)18(24)22-13-8-6-7-9-14-22/h10-12H,6-9,13-15,20H2,1-5H3. The highest BCUT2D eigenvalue weighted by molar-refractivity contribution is 6.74. The van der Waals surface area contributed by atoms with Crippen molar-refractivity contribution in [3.05, 3.63) is 23.9 Å². The number of nitrogens with zero attached hydrogens (tertiary/aromatic N) is 3. The number of pyridine rings is 1. The molecule has 0 unspecified atom stereocenters. The van der Waals surface area contributed by atoms with Crippen LogP contribution in [0.2, 0.25) is 18.1 Å². The minimum absolute atomic E-state index is 0.125. The molecule has 0 aliphatic carbocycles. The van der Waals surface area contributed by atoms with E-state index in [2.05, 4.69) is 38.8 Å². The molecule has 0 aromatic carbocycles. The van der Waals surface area contributed by atoms with Gasteiger partial charge in [0.05, 0.1) is 6.61 Å². The van der Waals surface area contributed by atoms with Crippen molar-refractivity contribution in [2.45, 2.75) is 71.2 Å². The molecule has 0 atom stereocenters. The van der Waals surface area contributed by atoms with Crippen LogP contribution in [0.5, 0.6) is 0 Å². The van der Waals surface area contributed by atoms with Gasteiger partial charge in [-0.1, -0.05) is 39.7 Å². The number of amides is 2. The number of hydrogen-bond acceptors (Lipinski definition) is 4. The number of urea groups is 1. The maximum atomic E-state index is 12.8. The molecule has 7 heteroatoms. The third-order valence-electron chi connectivity index (χ3n) is 5.57. The van der Waals surface area contributed by atoms with E-state index in [9.17, 15) is 4.79 Å². The van der Waals surface area contributed by atoms with Crippen LogP contribution >= 0.6 is 0 Å². The van der Waals surface area contributed by atoms with Crippen molar-refractivity contribution in [1.82, 2.24) is 9.88 Å². The molecule has 26 heavy (non-hydrogen) atoms. The molecule has 0 saturated carbocycles. The van der Waals surface area contributed by atoms with Crippen LogP contribution in [0.15, 0.2) is 18.3 Å². The number of carbonyl (C=O) groups is 1. The molecule has 2 amide bonds. The molecule has 146 valence electrons. The van der Waals surface area contributed by atoms with Gasteiger partial charge in [0.1, 0.15) is 0 Å². The summed E-state index contributed by atoms with van der Waals surface area (Å²) in [7, 11) is -1.89. The molecule has 2 heterocycles. The lowest BCUT2D eigenvalue weighted by atomic mass is 10.2. The first kappa shape index (κ1) is 20.9. The van der Waals surface area contributed by atoms with E-state index in [0.717, 1.165) is 31.5 Å². The van der Waals surface area contributed by atoms with Crippen molar-refractivity contribution < 1.29 is 9.22 Å². The topological polar surface area (TPSA) is 71.7 Å². The van der Waals surface area contributed by atoms with Crippen LogP contribution in [0, 0.1) is 0 Å². The quantitative estimate of drug-likeness (QED) is 0.367. The predicted octanol–water partition coefficient (Wildman–Crippen LogP) is 4.28. The number of hydrogen-bond donors (Lipinski definition) is 1. The van der Waals surface area contributed by atoms with E-state index in [0.29, 0.717) is 12.4 Å². The second-order valence-electron chi connectivity index (χ2n) is 8.59. The zero-order chi connectivity index (χ0) is 19.4. The van der Waals surface area contributed by atoms with E-state index < -0.39 is 8.32 Å². The number of nitrogens with two attached hydrogens (primary N) is 1. The molecule has 0 bridgehead atoms. The number of aromatic nitrogens is 1. The second-order valence-corrected chi connectivity index (χ2v) is 13.4. The van der Waals surface area contributed by atoms with Gasteiger partial charge in [-0.05, 0) is 37.0 Å². The third-order valence-corrected chi connectivity index (χ3v) is 10.1. The average molecular weight is 379 g/mol. The Labute approximate surface area is 158 Å². The lowest BCUT2D eigenvalue weighted by Gasteiger charge is -2.36. The minimum atomic E-state index is -1.89. The van der Waals surface area contributed by atoms with Crippen LogP contribution in [0.25, 0.3) is 0 Å². The van der Waals surface area contributed by atoms with Gasteiger partial charge in [-0.25, -0.2) is 20.6 Å². The van der Waals surface area contributed by atoms with Gasteiger partial charge >= 0.3 is 6.03 Å². The van der Waals surface area contributed by atoms with Crippen LogP contribution in [0.1, 0.15) is 52.0 Å². The Morgan fingerprint density at radius 3 is 2.46 bits per heavy atom. The summed E-state index contributed by atoms with van der Waals surface area (Å²) in [5, 5.41) is 1.31. The number of carbonyl (C=O) groups excluding carboxylic acids is 1. The van der Waals surface area contributed by atoms with Crippen molar-refractivity contribution in [1.29, 1.82) is 0 Å². The van der Waals surface area contributed by atoms with E-state index in [1.807, 2.05) is 17.0 Å². The zero-order valence-corrected chi connectivity index (χ0v) is 17.9. The molecular weight excluding hydrogens is 344 g/mol. The van der Waals surface area contributed by atoms with Gasteiger partial charge in [-0.2, -0.15) is 0 Å². The van der Waals surface area contributed by atoms with Gasteiger partial charge in [0.15, 0.2) is 14.1 Å². The smallest absolute Gasteiger partial charge is 0.340 e. The highest BCUT2D eigenvalue weighted by Crippen LogP contribution is 2.37. The third kappa shape index (κ3) is 5.05. The summed E-state index contributed by atoms with van der Waals surface area (Å²) in [4.78, 5) is 19.0. The fourth-order valence-corrected chi connectivity index (χ4v) is 3.69.